The average Bonchev–Trinajstić information content (AvgIpc) is 3.62. The molecule has 9 atom stereocenters. The number of benzene rings is 1. The predicted molar refractivity (Wildman–Crippen MR) is 213 cm³/mol. The molecule has 0 radical (unpaired) electrons. The van der Waals surface area contributed by atoms with E-state index < -0.39 is 36.2 Å². The molecule has 0 aliphatic carbocycles. The summed E-state index contributed by atoms with van der Waals surface area (Å²) < 4.78 is 17.2. The molecule has 0 aromatic heterocycles. The zero-order chi connectivity index (χ0) is 40.0. The molecule has 12 heteroatoms. The summed E-state index contributed by atoms with van der Waals surface area (Å²) in [4.78, 5) is 58.6. The van der Waals surface area contributed by atoms with Crippen LogP contribution < -0.4 is 10.6 Å². The highest BCUT2D eigenvalue weighted by atomic mass is 32.1. The molecule has 9 unspecified atom stereocenters. The number of carbonyl (C=O) groups excluding carboxylic acids is 4. The highest BCUT2D eigenvalue weighted by molar-refractivity contribution is 7.80. The SMILES string of the molecule is CCC(C)C(C(CC(=O)N1CCCC1C(OC)C(C)C(=S)NC(Cc1ccccc1)C(=O)OC)OC)N(C)C(=O)C(CC(=O)C(NC)C(C)C)C(C)C. The molecule has 0 spiro atoms. The number of ketones is 1. The van der Waals surface area contributed by atoms with E-state index in [0.29, 0.717) is 18.0 Å². The topological polar surface area (TPSA) is 127 Å². The molecule has 1 aromatic rings. The number of likely N-dealkylation sites (tertiary alicyclic amines) is 1. The Morgan fingerprint density at radius 2 is 1.60 bits per heavy atom. The van der Waals surface area contributed by atoms with E-state index in [1.807, 2.05) is 69.9 Å². The largest absolute Gasteiger partial charge is 0.467 e. The maximum absolute atomic E-state index is 14.2. The number of nitrogens with zero attached hydrogens (tertiary/aromatic N) is 2. The number of hydrogen-bond acceptors (Lipinski definition) is 9. The van der Waals surface area contributed by atoms with Gasteiger partial charge in [-0.3, -0.25) is 14.4 Å². The first-order chi connectivity index (χ1) is 25.1. The number of thiocarbonyl (C=S) groups is 1. The summed E-state index contributed by atoms with van der Waals surface area (Å²) in [6, 6.07) is 8.03. The lowest BCUT2D eigenvalue weighted by atomic mass is 9.84. The van der Waals surface area contributed by atoms with Crippen molar-refractivity contribution >= 4 is 40.8 Å². The smallest absolute Gasteiger partial charge is 0.328 e. The molecule has 0 bridgehead atoms. The Hall–Kier alpha value is -2.93. The molecule has 2 rings (SSSR count). The van der Waals surface area contributed by atoms with Gasteiger partial charge in [-0.1, -0.05) is 97.4 Å². The van der Waals surface area contributed by atoms with Crippen LogP contribution in [-0.4, -0.2) is 117 Å². The minimum atomic E-state index is -0.677. The number of amides is 2. The first-order valence-corrected chi connectivity index (χ1v) is 19.7. The van der Waals surface area contributed by atoms with Crippen LogP contribution in [-0.2, 0) is 39.8 Å². The van der Waals surface area contributed by atoms with E-state index in [1.54, 1.807) is 33.2 Å². The van der Waals surface area contributed by atoms with Gasteiger partial charge < -0.3 is 34.6 Å². The zero-order valence-corrected chi connectivity index (χ0v) is 35.2. The van der Waals surface area contributed by atoms with Gasteiger partial charge in [0.2, 0.25) is 11.8 Å². The number of esters is 1. The Morgan fingerprint density at radius 1 is 0.962 bits per heavy atom. The Kier molecular flexibility index (Phi) is 19.6. The molecule has 1 aliphatic rings. The molecule has 300 valence electrons. The van der Waals surface area contributed by atoms with Gasteiger partial charge in [-0.25, -0.2) is 4.79 Å². The van der Waals surface area contributed by atoms with Gasteiger partial charge in [-0.05, 0) is 43.2 Å². The Morgan fingerprint density at radius 3 is 2.11 bits per heavy atom. The molecule has 53 heavy (non-hydrogen) atoms. The summed E-state index contributed by atoms with van der Waals surface area (Å²) in [6.45, 7) is 14.6. The van der Waals surface area contributed by atoms with E-state index in [2.05, 4.69) is 24.5 Å². The number of methoxy groups -OCH3 is 3. The van der Waals surface area contributed by atoms with E-state index in [4.69, 9.17) is 26.4 Å². The third-order valence-corrected chi connectivity index (χ3v) is 11.7. The summed E-state index contributed by atoms with van der Waals surface area (Å²) in [5.74, 6) is -1.34. The van der Waals surface area contributed by atoms with Gasteiger partial charge in [0.25, 0.3) is 0 Å². The minimum absolute atomic E-state index is 0.0224. The van der Waals surface area contributed by atoms with Crippen LogP contribution >= 0.6 is 12.2 Å². The lowest BCUT2D eigenvalue weighted by molar-refractivity contribution is -0.148. The van der Waals surface area contributed by atoms with Gasteiger partial charge in [-0.2, -0.15) is 0 Å². The minimum Gasteiger partial charge on any atom is -0.467 e. The fourth-order valence-corrected chi connectivity index (χ4v) is 8.15. The van der Waals surface area contributed by atoms with Crippen LogP contribution in [0.4, 0.5) is 0 Å². The highest BCUT2D eigenvalue weighted by Gasteiger charge is 2.43. The Balaban J connectivity index is 2.27. The van der Waals surface area contributed by atoms with Crippen molar-refractivity contribution in [1.82, 2.24) is 20.4 Å². The van der Waals surface area contributed by atoms with Gasteiger partial charge in [-0.15, -0.1) is 0 Å². The summed E-state index contributed by atoms with van der Waals surface area (Å²) >= 11 is 5.85. The zero-order valence-electron chi connectivity index (χ0n) is 34.3. The molecule has 1 aliphatic heterocycles. The second-order valence-corrected chi connectivity index (χ2v) is 15.8. The van der Waals surface area contributed by atoms with Gasteiger partial charge in [0.05, 0.1) is 48.9 Å². The lowest BCUT2D eigenvalue weighted by Gasteiger charge is -2.41. The number of likely N-dealkylation sites (N-methyl/N-ethyl adjacent to an activating group) is 2. The predicted octanol–water partition coefficient (Wildman–Crippen LogP) is 5.08. The summed E-state index contributed by atoms with van der Waals surface area (Å²) in [5, 5.41) is 6.35. The van der Waals surface area contributed by atoms with Crippen molar-refractivity contribution in [2.24, 2.45) is 29.6 Å². The molecule has 1 aromatic carbocycles. The molecule has 11 nitrogen and oxygen atoms in total. The van der Waals surface area contributed by atoms with Crippen molar-refractivity contribution in [3.05, 3.63) is 35.9 Å². The number of Topliss-reactive ketones (excluding diaryl/α,β-unsaturated/α-hetero) is 1. The fraction of sp³-hybridized carbons (Fsp3) is 0.732. The summed E-state index contributed by atoms with van der Waals surface area (Å²) in [7, 11) is 8.13. The van der Waals surface area contributed by atoms with Crippen LogP contribution in [0, 0.1) is 29.6 Å². The normalized spacial score (nSPS) is 19.1. The van der Waals surface area contributed by atoms with Crippen molar-refractivity contribution in [2.45, 2.75) is 123 Å². The molecular formula is C41H68N4O7S. The number of hydrogen-bond donors (Lipinski definition) is 2. The standard InChI is InChI=1S/C41H68N4O7S/c1-13-27(6)37(44(9)40(48)30(25(2)3)23-33(46)36(42-8)26(4)5)34(50-10)24-35(47)45-21-17-20-32(45)38(51-11)28(7)39(53)43-31(41(49)52-12)22-29-18-15-14-16-19-29/h14-16,18-19,25-28,30-32,34,36-38,42H,13,17,20-24H2,1-12H3,(H,43,53). The van der Waals surface area contributed by atoms with Gasteiger partial charge in [0.1, 0.15) is 6.04 Å². The van der Waals surface area contributed by atoms with Crippen LogP contribution in [0.5, 0.6) is 0 Å². The van der Waals surface area contributed by atoms with E-state index in [9.17, 15) is 19.2 Å². The maximum Gasteiger partial charge on any atom is 0.328 e. The number of ether oxygens (including phenoxy) is 3. The van der Waals surface area contributed by atoms with Gasteiger partial charge in [0.15, 0.2) is 5.78 Å². The first kappa shape index (κ1) is 46.2. The third kappa shape index (κ3) is 12.6. The molecule has 2 N–H and O–H groups in total. The molecule has 1 saturated heterocycles. The average molecular weight is 761 g/mol. The van der Waals surface area contributed by atoms with Gasteiger partial charge in [0, 0.05) is 52.5 Å². The first-order valence-electron chi connectivity index (χ1n) is 19.3. The van der Waals surface area contributed by atoms with E-state index in [1.165, 1.54) is 7.11 Å². The van der Waals surface area contributed by atoms with E-state index in [0.717, 1.165) is 24.8 Å². The summed E-state index contributed by atoms with van der Waals surface area (Å²) in [6.07, 6.45) is 1.94. The third-order valence-electron chi connectivity index (χ3n) is 11.2. The van der Waals surface area contributed by atoms with Crippen molar-refractivity contribution in [1.29, 1.82) is 0 Å². The number of rotatable bonds is 22. The van der Waals surface area contributed by atoms with Crippen molar-refractivity contribution in [3.63, 3.8) is 0 Å². The number of carbonyl (C=O) groups is 4. The molecule has 2 amide bonds. The monoisotopic (exact) mass is 760 g/mol. The molecular weight excluding hydrogens is 693 g/mol. The van der Waals surface area contributed by atoms with E-state index >= 15 is 0 Å². The maximum atomic E-state index is 14.2. The van der Waals surface area contributed by atoms with Crippen molar-refractivity contribution in [3.8, 4) is 0 Å². The highest BCUT2D eigenvalue weighted by Crippen LogP contribution is 2.31. The lowest BCUT2D eigenvalue weighted by Crippen LogP contribution is -2.55. The Bertz CT molecular complexity index is 1330. The second-order valence-electron chi connectivity index (χ2n) is 15.4. The van der Waals surface area contributed by atoms with Crippen LogP contribution in [0.3, 0.4) is 0 Å². The van der Waals surface area contributed by atoms with Crippen molar-refractivity contribution < 1.29 is 33.4 Å². The van der Waals surface area contributed by atoms with Crippen LogP contribution in [0.1, 0.15) is 86.1 Å². The second kappa shape index (κ2) is 22.4. The fourth-order valence-electron chi connectivity index (χ4n) is 7.87. The molecule has 1 heterocycles. The van der Waals surface area contributed by atoms with Crippen LogP contribution in [0.2, 0.25) is 0 Å². The van der Waals surface area contributed by atoms with Crippen molar-refractivity contribution in [2.75, 3.05) is 42.0 Å². The quantitative estimate of drug-likeness (QED) is 0.122. The molecule has 1 fully saturated rings. The Labute approximate surface area is 324 Å². The summed E-state index contributed by atoms with van der Waals surface area (Å²) in [5.41, 5.74) is 0.972. The molecule has 0 saturated carbocycles. The number of nitrogens with one attached hydrogen (secondary N) is 2. The van der Waals surface area contributed by atoms with Crippen LogP contribution in [0.15, 0.2) is 30.3 Å². The van der Waals surface area contributed by atoms with E-state index in [-0.39, 0.29) is 66.2 Å². The van der Waals surface area contributed by atoms with Crippen LogP contribution in [0.25, 0.3) is 0 Å². The van der Waals surface area contributed by atoms with Gasteiger partial charge >= 0.3 is 5.97 Å².